The van der Waals surface area contributed by atoms with Crippen LogP contribution in [0, 0.1) is 0 Å². The molecule has 0 fully saturated rings. The number of amides is 1. The van der Waals surface area contributed by atoms with Crippen molar-refractivity contribution in [3.8, 4) is 5.75 Å². The molecule has 0 radical (unpaired) electrons. The molecule has 27 heavy (non-hydrogen) atoms. The van der Waals surface area contributed by atoms with Crippen LogP contribution in [0.5, 0.6) is 5.75 Å². The molecule has 8 heteroatoms. The fraction of sp³-hybridized carbons (Fsp3) is 0.158. The highest BCUT2D eigenvalue weighted by molar-refractivity contribution is 6.06. The van der Waals surface area contributed by atoms with E-state index in [1.807, 2.05) is 49.4 Å². The maximum absolute atomic E-state index is 13.2. The summed E-state index contributed by atoms with van der Waals surface area (Å²) in [6, 6.07) is 16.5. The highest BCUT2D eigenvalue weighted by Gasteiger charge is 2.34. The predicted molar refractivity (Wildman–Crippen MR) is 100 cm³/mol. The smallest absolute Gasteiger partial charge is 0.255 e. The van der Waals surface area contributed by atoms with Crippen LogP contribution in [0.15, 0.2) is 65.9 Å². The first-order valence-electron chi connectivity index (χ1n) is 8.44. The first-order valence-corrected chi connectivity index (χ1v) is 8.44. The first-order chi connectivity index (χ1) is 13.2. The Bertz CT molecular complexity index is 1010. The van der Waals surface area contributed by atoms with Crippen molar-refractivity contribution in [3.63, 3.8) is 0 Å². The molecule has 2 aromatic carbocycles. The highest BCUT2D eigenvalue weighted by Crippen LogP contribution is 2.35. The van der Waals surface area contributed by atoms with Gasteiger partial charge in [0.15, 0.2) is 0 Å². The van der Waals surface area contributed by atoms with Gasteiger partial charge in [-0.2, -0.15) is 4.68 Å². The summed E-state index contributed by atoms with van der Waals surface area (Å²) in [5, 5.41) is 17.9. The van der Waals surface area contributed by atoms with Gasteiger partial charge in [-0.15, -0.1) is 0 Å². The summed E-state index contributed by atoms with van der Waals surface area (Å²) < 4.78 is 6.94. The second-order valence-corrected chi connectivity index (χ2v) is 6.08. The van der Waals surface area contributed by atoms with Crippen LogP contribution in [0.1, 0.15) is 18.5 Å². The lowest BCUT2D eigenvalue weighted by Gasteiger charge is -2.28. The molecule has 1 atom stereocenters. The van der Waals surface area contributed by atoms with Crippen molar-refractivity contribution in [1.82, 2.24) is 20.2 Å². The summed E-state index contributed by atoms with van der Waals surface area (Å²) >= 11 is 0. The van der Waals surface area contributed by atoms with Crippen LogP contribution in [0.25, 0.3) is 0 Å². The van der Waals surface area contributed by atoms with Gasteiger partial charge in [0.25, 0.3) is 5.91 Å². The van der Waals surface area contributed by atoms with Gasteiger partial charge in [0.1, 0.15) is 11.8 Å². The van der Waals surface area contributed by atoms with Crippen molar-refractivity contribution >= 4 is 17.5 Å². The average molecular weight is 362 g/mol. The van der Waals surface area contributed by atoms with Gasteiger partial charge in [0.05, 0.1) is 18.4 Å². The number of ether oxygens (including phenoxy) is 1. The normalized spacial score (nSPS) is 15.7. The summed E-state index contributed by atoms with van der Waals surface area (Å²) in [6.07, 6.45) is 0. The molecular weight excluding hydrogens is 344 g/mol. The van der Waals surface area contributed by atoms with E-state index in [4.69, 9.17) is 4.74 Å². The molecule has 1 amide bonds. The monoisotopic (exact) mass is 362 g/mol. The van der Waals surface area contributed by atoms with E-state index in [2.05, 4.69) is 26.2 Å². The summed E-state index contributed by atoms with van der Waals surface area (Å²) in [7, 11) is 1.57. The number of carbonyl (C=O) groups excluding carboxylic acids is 1. The lowest BCUT2D eigenvalue weighted by molar-refractivity contribution is -0.113. The Morgan fingerprint density at radius 2 is 1.89 bits per heavy atom. The van der Waals surface area contributed by atoms with Gasteiger partial charge in [-0.05, 0) is 35.0 Å². The molecular formula is C19H18N6O2. The van der Waals surface area contributed by atoms with Crippen LogP contribution in [-0.4, -0.2) is 33.2 Å². The Labute approximate surface area is 155 Å². The fourth-order valence-corrected chi connectivity index (χ4v) is 3.19. The van der Waals surface area contributed by atoms with Gasteiger partial charge < -0.3 is 15.4 Å². The van der Waals surface area contributed by atoms with Crippen molar-refractivity contribution < 1.29 is 9.53 Å². The number of nitrogens with zero attached hydrogens (tertiary/aromatic N) is 4. The third-order valence-corrected chi connectivity index (χ3v) is 4.43. The number of methoxy groups -OCH3 is 1. The molecule has 0 saturated carbocycles. The maximum Gasteiger partial charge on any atom is 0.255 e. The average Bonchev–Trinajstić information content (AvgIpc) is 3.15. The zero-order valence-electron chi connectivity index (χ0n) is 14.9. The molecule has 8 nitrogen and oxygen atoms in total. The second kappa shape index (κ2) is 6.91. The number of tetrazole rings is 1. The maximum atomic E-state index is 13.2. The van der Waals surface area contributed by atoms with E-state index in [1.165, 1.54) is 0 Å². The van der Waals surface area contributed by atoms with E-state index in [-0.39, 0.29) is 5.91 Å². The second-order valence-electron chi connectivity index (χ2n) is 6.08. The van der Waals surface area contributed by atoms with Crippen molar-refractivity contribution in [3.05, 3.63) is 71.4 Å². The van der Waals surface area contributed by atoms with E-state index in [0.29, 0.717) is 28.7 Å². The topological polar surface area (TPSA) is 94.0 Å². The van der Waals surface area contributed by atoms with Gasteiger partial charge in [-0.3, -0.25) is 4.79 Å². The van der Waals surface area contributed by atoms with Crippen LogP contribution < -0.4 is 15.4 Å². The van der Waals surface area contributed by atoms with E-state index in [1.54, 1.807) is 23.9 Å². The summed E-state index contributed by atoms with van der Waals surface area (Å²) in [4.78, 5) is 13.2. The Hall–Kier alpha value is -3.68. The number of carbonyl (C=O) groups is 1. The lowest BCUT2D eigenvalue weighted by atomic mass is 9.95. The molecule has 1 aliphatic heterocycles. The molecule has 0 saturated heterocycles. The number of hydrogen-bond acceptors (Lipinski definition) is 6. The molecule has 0 bridgehead atoms. The SMILES string of the molecule is COc1ccccc1NC(=O)C1=C(C)Nc2nnnn2[C@@H]1c1ccccc1. The fourth-order valence-electron chi connectivity index (χ4n) is 3.19. The zero-order valence-corrected chi connectivity index (χ0v) is 14.9. The van der Waals surface area contributed by atoms with E-state index < -0.39 is 6.04 Å². The minimum Gasteiger partial charge on any atom is -0.495 e. The molecule has 136 valence electrons. The molecule has 3 aromatic rings. The van der Waals surface area contributed by atoms with Crippen molar-refractivity contribution in [1.29, 1.82) is 0 Å². The third kappa shape index (κ3) is 3.01. The number of nitrogens with one attached hydrogen (secondary N) is 2. The standard InChI is InChI=1S/C19H18N6O2/c1-12-16(18(26)21-14-10-6-7-11-15(14)27-2)17(13-8-4-3-5-9-13)25-19(20-12)22-23-24-25/h3-11,17H,1-2H3,(H,21,26)(H,20,22,24)/t17-/m1/s1. The Kier molecular flexibility index (Phi) is 4.29. The Balaban J connectivity index is 1.76. The number of para-hydroxylation sites is 2. The van der Waals surface area contributed by atoms with E-state index >= 15 is 0 Å². The lowest BCUT2D eigenvalue weighted by Crippen LogP contribution is -2.31. The van der Waals surface area contributed by atoms with Crippen molar-refractivity contribution in [2.24, 2.45) is 0 Å². The van der Waals surface area contributed by atoms with Gasteiger partial charge in [-0.25, -0.2) is 0 Å². The van der Waals surface area contributed by atoms with Crippen molar-refractivity contribution in [2.45, 2.75) is 13.0 Å². The van der Waals surface area contributed by atoms with Crippen molar-refractivity contribution in [2.75, 3.05) is 17.7 Å². The highest BCUT2D eigenvalue weighted by atomic mass is 16.5. The molecule has 1 aromatic heterocycles. The molecule has 4 rings (SSSR count). The predicted octanol–water partition coefficient (Wildman–Crippen LogP) is 2.61. The summed E-state index contributed by atoms with van der Waals surface area (Å²) in [5.41, 5.74) is 2.74. The summed E-state index contributed by atoms with van der Waals surface area (Å²) in [6.45, 7) is 1.84. The van der Waals surface area contributed by atoms with Gasteiger partial charge >= 0.3 is 0 Å². The Morgan fingerprint density at radius 1 is 1.15 bits per heavy atom. The minimum atomic E-state index is -0.438. The van der Waals surface area contributed by atoms with Gasteiger partial charge in [-0.1, -0.05) is 47.6 Å². The zero-order chi connectivity index (χ0) is 18.8. The largest absolute Gasteiger partial charge is 0.495 e. The molecule has 2 heterocycles. The Morgan fingerprint density at radius 3 is 2.67 bits per heavy atom. The van der Waals surface area contributed by atoms with E-state index in [9.17, 15) is 4.79 Å². The molecule has 0 aliphatic carbocycles. The molecule has 1 aliphatic rings. The van der Waals surface area contributed by atoms with E-state index in [0.717, 1.165) is 5.56 Å². The number of aromatic nitrogens is 4. The van der Waals surface area contributed by atoms with Crippen LogP contribution in [-0.2, 0) is 4.79 Å². The van der Waals surface area contributed by atoms with Crippen LogP contribution in [0.4, 0.5) is 11.6 Å². The molecule has 0 unspecified atom stereocenters. The number of fused-ring (bicyclic) bond motifs is 1. The number of allylic oxidation sites excluding steroid dienone is 1. The molecule has 2 N–H and O–H groups in total. The number of benzene rings is 2. The quantitative estimate of drug-likeness (QED) is 0.741. The number of hydrogen-bond donors (Lipinski definition) is 2. The number of anilines is 2. The number of rotatable bonds is 4. The van der Waals surface area contributed by atoms with Crippen LogP contribution >= 0.6 is 0 Å². The van der Waals surface area contributed by atoms with Gasteiger partial charge in [0.2, 0.25) is 5.95 Å². The molecule has 0 spiro atoms. The third-order valence-electron chi connectivity index (χ3n) is 4.43. The van der Waals surface area contributed by atoms with Gasteiger partial charge in [0, 0.05) is 5.70 Å². The van der Waals surface area contributed by atoms with Crippen LogP contribution in [0.2, 0.25) is 0 Å². The first kappa shape index (κ1) is 16.8. The van der Waals surface area contributed by atoms with Crippen LogP contribution in [0.3, 0.4) is 0 Å². The summed E-state index contributed by atoms with van der Waals surface area (Å²) in [5.74, 6) is 0.835. The minimum absolute atomic E-state index is 0.250.